The molecule has 1 nitrogen and oxygen atoms in total. The largest absolute Gasteiger partial charge is 0.310 e. The van der Waals surface area contributed by atoms with Gasteiger partial charge in [-0.05, 0) is 108 Å². The van der Waals surface area contributed by atoms with E-state index in [-0.39, 0.29) is 0 Å². The third kappa shape index (κ3) is 4.61. The molecule has 0 spiro atoms. The van der Waals surface area contributed by atoms with Crippen molar-refractivity contribution in [3.8, 4) is 0 Å². The Balaban J connectivity index is 1.49. The summed E-state index contributed by atoms with van der Waals surface area (Å²) in [5.74, 6) is 0. The van der Waals surface area contributed by atoms with Gasteiger partial charge < -0.3 is 4.90 Å². The second kappa shape index (κ2) is 11.7. The van der Waals surface area contributed by atoms with Gasteiger partial charge in [-0.2, -0.15) is 0 Å². The van der Waals surface area contributed by atoms with E-state index in [0.717, 1.165) is 17.1 Å². The zero-order chi connectivity index (χ0) is 33.0. The van der Waals surface area contributed by atoms with Gasteiger partial charge in [0.25, 0.3) is 0 Å². The summed E-state index contributed by atoms with van der Waals surface area (Å²) in [6, 6.07) is 69.0. The number of nitrogens with zero attached hydrogens (tertiary/aromatic N) is 1. The Labute approximate surface area is 294 Å². The average molecular weight is 654 g/mol. The minimum Gasteiger partial charge on any atom is -0.310 e. The van der Waals surface area contributed by atoms with Crippen molar-refractivity contribution >= 4 is 102 Å². The Morgan fingerprint density at radius 3 is 1.18 bits per heavy atom. The first-order valence-electron chi connectivity index (χ1n) is 17.1. The summed E-state index contributed by atoms with van der Waals surface area (Å²) in [5, 5.41) is 15.0. The monoisotopic (exact) mass is 653 g/mol. The Morgan fingerprint density at radius 2 is 0.640 bits per heavy atom. The number of para-hydroxylation sites is 2. The van der Waals surface area contributed by atoms with Crippen LogP contribution in [0.2, 0.25) is 0 Å². The topological polar surface area (TPSA) is 3.24 Å². The Morgan fingerprint density at radius 1 is 0.240 bits per heavy atom. The molecule has 0 bridgehead atoms. The summed E-state index contributed by atoms with van der Waals surface area (Å²) >= 11 is 1.88. The Hall–Kier alpha value is -6.22. The lowest BCUT2D eigenvalue weighted by Crippen LogP contribution is -2.09. The molecule has 0 fully saturated rings. The molecule has 2 heteroatoms. The van der Waals surface area contributed by atoms with Gasteiger partial charge in [0.2, 0.25) is 0 Å². The first-order valence-corrected chi connectivity index (χ1v) is 17.9. The molecule has 1 heterocycles. The zero-order valence-corrected chi connectivity index (χ0v) is 28.1. The first kappa shape index (κ1) is 28.8. The quantitative estimate of drug-likeness (QED) is 0.183. The molecule has 0 aliphatic carbocycles. The van der Waals surface area contributed by atoms with Crippen LogP contribution in [0.4, 0.5) is 17.1 Å². The number of hydrogen-bond donors (Lipinski definition) is 0. The van der Waals surface area contributed by atoms with Crippen molar-refractivity contribution in [1.82, 2.24) is 0 Å². The van der Waals surface area contributed by atoms with Gasteiger partial charge in [0.15, 0.2) is 0 Å². The second-order valence-corrected chi connectivity index (χ2v) is 13.9. The Bertz CT molecular complexity index is 2940. The lowest BCUT2D eigenvalue weighted by molar-refractivity contribution is 1.29. The third-order valence-electron chi connectivity index (χ3n) is 10.0. The van der Waals surface area contributed by atoms with Gasteiger partial charge in [0, 0.05) is 37.2 Å². The van der Waals surface area contributed by atoms with Gasteiger partial charge in [-0.15, -0.1) is 11.3 Å². The molecule has 0 N–H and O–H groups in total. The van der Waals surface area contributed by atoms with Crippen LogP contribution in [0.25, 0.3) is 74.0 Å². The minimum absolute atomic E-state index is 1.12. The van der Waals surface area contributed by atoms with Gasteiger partial charge in [-0.25, -0.2) is 0 Å². The molecular weight excluding hydrogens is 623 g/mol. The van der Waals surface area contributed by atoms with Crippen molar-refractivity contribution in [3.63, 3.8) is 0 Å². The predicted molar refractivity (Wildman–Crippen MR) is 219 cm³/mol. The molecule has 0 saturated carbocycles. The van der Waals surface area contributed by atoms with Crippen molar-refractivity contribution in [2.45, 2.75) is 0 Å². The molecular formula is C48H31NS. The number of fused-ring (bicyclic) bond motifs is 13. The Kier molecular flexibility index (Phi) is 6.75. The highest BCUT2D eigenvalue weighted by atomic mass is 32.1. The maximum Gasteiger partial charge on any atom is 0.0468 e. The van der Waals surface area contributed by atoms with E-state index in [9.17, 15) is 0 Å². The molecule has 1 aromatic heterocycles. The fourth-order valence-electron chi connectivity index (χ4n) is 7.81. The molecule has 0 atom stereocenters. The fourth-order valence-corrected chi connectivity index (χ4v) is 8.93. The molecule has 0 aliphatic rings. The lowest BCUT2D eigenvalue weighted by atomic mass is 9.93. The highest BCUT2D eigenvalue weighted by Gasteiger charge is 2.16. The molecule has 0 unspecified atom stereocenters. The summed E-state index contributed by atoms with van der Waals surface area (Å²) in [6.45, 7) is 0. The zero-order valence-electron chi connectivity index (χ0n) is 27.3. The highest BCUT2D eigenvalue weighted by molar-refractivity contribution is 7.25. The SMILES string of the molecule is c1ccc(N(c2ccccc2)c2ccc3c4ccccc4c4ccccc4c4ccccc4c4cc5sc6ccccc6c5cc4c3c2)cc1. The third-order valence-corrected chi connectivity index (χ3v) is 11.2. The molecule has 10 rings (SSSR count). The number of benzene rings is 8. The smallest absolute Gasteiger partial charge is 0.0468 e. The normalized spacial score (nSPS) is 11.6. The van der Waals surface area contributed by atoms with Crippen LogP contribution in [0.1, 0.15) is 0 Å². The van der Waals surface area contributed by atoms with Crippen molar-refractivity contribution in [1.29, 1.82) is 0 Å². The van der Waals surface area contributed by atoms with Crippen LogP contribution >= 0.6 is 11.3 Å². The van der Waals surface area contributed by atoms with Crippen molar-refractivity contribution in [3.05, 3.63) is 188 Å². The van der Waals surface area contributed by atoms with Crippen LogP contribution in [0.5, 0.6) is 0 Å². The van der Waals surface area contributed by atoms with Crippen molar-refractivity contribution < 1.29 is 0 Å². The predicted octanol–water partition coefficient (Wildman–Crippen LogP) is 14.4. The molecule has 50 heavy (non-hydrogen) atoms. The van der Waals surface area contributed by atoms with Gasteiger partial charge >= 0.3 is 0 Å². The number of rotatable bonds is 3. The fraction of sp³-hybridized carbons (Fsp3) is 0. The van der Waals surface area contributed by atoms with Crippen LogP contribution < -0.4 is 4.90 Å². The maximum atomic E-state index is 2.47. The first-order chi connectivity index (χ1) is 24.8. The van der Waals surface area contributed by atoms with Gasteiger partial charge in [-0.3, -0.25) is 0 Å². The molecule has 10 aromatic rings. The number of anilines is 3. The minimum atomic E-state index is 1.12. The maximum absolute atomic E-state index is 2.47. The van der Waals surface area contributed by atoms with E-state index in [0.29, 0.717) is 0 Å². The van der Waals surface area contributed by atoms with Crippen LogP contribution in [-0.4, -0.2) is 0 Å². The molecule has 0 amide bonds. The van der Waals surface area contributed by atoms with Crippen LogP contribution in [0.15, 0.2) is 188 Å². The van der Waals surface area contributed by atoms with E-state index < -0.39 is 0 Å². The van der Waals surface area contributed by atoms with Crippen LogP contribution in [0, 0.1) is 0 Å². The standard InChI is InChI=1S/C48H31NS/c1-3-15-32(16-4-1)49(33-17-5-2-6-18-33)34-27-28-41-39-23-10-9-21-37(39)35-19-7-8-20-36(35)38-22-11-12-24-40(38)45-31-48-46(30-44(45)43(41)29-34)42-25-13-14-26-47(42)50-48/h1-31H. The van der Waals surface area contributed by atoms with E-state index in [4.69, 9.17) is 0 Å². The number of thiophene rings is 1. The molecule has 234 valence electrons. The van der Waals surface area contributed by atoms with E-state index in [1.165, 1.54) is 74.0 Å². The van der Waals surface area contributed by atoms with E-state index in [1.54, 1.807) is 0 Å². The molecule has 0 radical (unpaired) electrons. The summed E-state index contributed by atoms with van der Waals surface area (Å²) < 4.78 is 2.62. The summed E-state index contributed by atoms with van der Waals surface area (Å²) in [7, 11) is 0. The van der Waals surface area contributed by atoms with Crippen LogP contribution in [0.3, 0.4) is 0 Å². The average Bonchev–Trinajstić information content (AvgIpc) is 3.56. The summed E-state index contributed by atoms with van der Waals surface area (Å²) in [6.07, 6.45) is 0. The lowest BCUT2D eigenvalue weighted by Gasteiger charge is -2.26. The molecule has 0 aliphatic heterocycles. The van der Waals surface area contributed by atoms with Gasteiger partial charge in [0.05, 0.1) is 0 Å². The summed E-state index contributed by atoms with van der Waals surface area (Å²) in [4.78, 5) is 2.37. The van der Waals surface area contributed by atoms with Gasteiger partial charge in [0.1, 0.15) is 0 Å². The number of hydrogen-bond acceptors (Lipinski definition) is 2. The summed E-state index contributed by atoms with van der Waals surface area (Å²) in [5.41, 5.74) is 3.36. The van der Waals surface area contributed by atoms with E-state index in [2.05, 4.69) is 193 Å². The van der Waals surface area contributed by atoms with Crippen molar-refractivity contribution in [2.75, 3.05) is 4.90 Å². The van der Waals surface area contributed by atoms with E-state index in [1.807, 2.05) is 11.3 Å². The van der Waals surface area contributed by atoms with Gasteiger partial charge in [-0.1, -0.05) is 133 Å². The van der Waals surface area contributed by atoms with Crippen LogP contribution in [-0.2, 0) is 0 Å². The second-order valence-electron chi connectivity index (χ2n) is 12.9. The van der Waals surface area contributed by atoms with Crippen molar-refractivity contribution in [2.24, 2.45) is 0 Å². The highest BCUT2D eigenvalue weighted by Crippen LogP contribution is 2.43. The van der Waals surface area contributed by atoms with E-state index >= 15 is 0 Å². The molecule has 0 saturated heterocycles. The molecule has 9 aromatic carbocycles.